The number of ether oxygens (including phenoxy) is 11. The molecule has 4 rings (SSSR count). The number of esters is 1. The summed E-state index contributed by atoms with van der Waals surface area (Å²) in [5.74, 6) is -12.8. The van der Waals surface area contributed by atoms with Gasteiger partial charge >= 0.3 is 16.1 Å². The number of nitrogens with two attached hydrogens (primary N) is 1. The highest BCUT2D eigenvalue weighted by molar-refractivity contribution is 7.85. The molecule has 80 heavy (non-hydrogen) atoms. The molecule has 3 aromatic rings. The Balaban J connectivity index is 0.868. The first-order valence-corrected chi connectivity index (χ1v) is 27.1. The van der Waals surface area contributed by atoms with Gasteiger partial charge in [-0.15, -0.1) is 0 Å². The Morgan fingerprint density at radius 3 is 1.60 bits per heavy atom. The average molecular weight is 1160 g/mol. The van der Waals surface area contributed by atoms with Crippen molar-refractivity contribution < 1.29 is 102 Å². The number of rotatable bonds is 43. The first-order chi connectivity index (χ1) is 38.6. The van der Waals surface area contributed by atoms with Crippen molar-refractivity contribution in [3.8, 4) is 17.0 Å². The molecule has 0 unspecified atom stereocenters. The Hall–Kier alpha value is -5.67. The summed E-state index contributed by atoms with van der Waals surface area (Å²) in [6, 6.07) is 7.39. The number of nitrogens with zero attached hydrogens (tertiary/aromatic N) is 4. The molecule has 4 N–H and O–H groups in total. The van der Waals surface area contributed by atoms with E-state index in [1.165, 1.54) is 11.4 Å². The van der Waals surface area contributed by atoms with Crippen LogP contribution < -0.4 is 15.8 Å². The number of hydroxylamine groups is 2. The lowest BCUT2D eigenvalue weighted by atomic mass is 10.0. The number of carbonyl (C=O) groups is 3. The highest BCUT2D eigenvalue weighted by Gasteiger charge is 2.34. The molecule has 446 valence electrons. The average Bonchev–Trinajstić information content (AvgIpc) is 3.74. The van der Waals surface area contributed by atoms with Crippen LogP contribution in [0.1, 0.15) is 50.8 Å². The predicted molar refractivity (Wildman–Crippen MR) is 276 cm³/mol. The SMILES string of the molecule is CCCN(OCC)C(=O)C1=Cc2ccc(-c3cc(CNC(=O)CCOCCOCCOCCOCCOCCOCCOCCOCCOCCOCCC(=O)Oc4c(F)c(F)c(S(=O)(=O)O)c(F)c4F)ncn3)cc2N=C(N)C1. The molecule has 1 aliphatic heterocycles. The highest BCUT2D eigenvalue weighted by Crippen LogP contribution is 2.34. The molecule has 24 nitrogen and oxygen atoms in total. The number of carbonyl (C=O) groups excluding carboxylic acids is 3. The predicted octanol–water partition coefficient (Wildman–Crippen LogP) is 4.08. The highest BCUT2D eigenvalue weighted by atomic mass is 32.2. The van der Waals surface area contributed by atoms with Crippen LogP contribution in [0.3, 0.4) is 0 Å². The first kappa shape index (κ1) is 66.8. The van der Waals surface area contributed by atoms with E-state index in [1.54, 1.807) is 12.1 Å². The molecular formula is C51H70F4N6O18S. The van der Waals surface area contributed by atoms with Crippen LogP contribution in [0.4, 0.5) is 23.2 Å². The molecule has 0 radical (unpaired) electrons. The molecule has 0 bridgehead atoms. The molecule has 0 atom stereocenters. The molecule has 29 heteroatoms. The van der Waals surface area contributed by atoms with Crippen molar-refractivity contribution in [2.75, 3.05) is 145 Å². The summed E-state index contributed by atoms with van der Waals surface area (Å²) in [6.45, 7) is 10.5. The molecular weight excluding hydrogens is 1090 g/mol. The van der Waals surface area contributed by atoms with E-state index in [-0.39, 0.29) is 70.8 Å². The van der Waals surface area contributed by atoms with E-state index in [4.69, 9.17) is 62.5 Å². The van der Waals surface area contributed by atoms with Gasteiger partial charge in [0.05, 0.1) is 169 Å². The fourth-order valence-electron chi connectivity index (χ4n) is 6.83. The molecule has 0 aliphatic carbocycles. The molecule has 0 saturated carbocycles. The second kappa shape index (κ2) is 38.1. The van der Waals surface area contributed by atoms with Crippen molar-refractivity contribution >= 4 is 45.5 Å². The van der Waals surface area contributed by atoms with E-state index >= 15 is 0 Å². The Labute approximate surface area is 461 Å². The van der Waals surface area contributed by atoms with Crippen LogP contribution in [0.15, 0.2) is 46.1 Å². The minimum atomic E-state index is -5.65. The van der Waals surface area contributed by atoms with Crippen molar-refractivity contribution in [1.29, 1.82) is 0 Å². The summed E-state index contributed by atoms with van der Waals surface area (Å²) in [5.41, 5.74) is 10.1. The normalized spacial score (nSPS) is 12.4. The van der Waals surface area contributed by atoms with Gasteiger partial charge in [-0.25, -0.2) is 28.8 Å². The maximum Gasteiger partial charge on any atom is 0.313 e. The zero-order valence-electron chi connectivity index (χ0n) is 44.7. The Morgan fingerprint density at radius 2 is 1.14 bits per heavy atom. The van der Waals surface area contributed by atoms with Gasteiger partial charge in [0.1, 0.15) is 12.2 Å². The minimum Gasteiger partial charge on any atom is -0.420 e. The number of hydrogen-bond donors (Lipinski definition) is 3. The molecule has 2 amide bonds. The van der Waals surface area contributed by atoms with Crippen molar-refractivity contribution in [2.45, 2.75) is 51.0 Å². The van der Waals surface area contributed by atoms with Crippen molar-refractivity contribution in [3.05, 3.63) is 70.7 Å². The second-order valence-corrected chi connectivity index (χ2v) is 18.1. The minimum absolute atomic E-state index is 0.0153. The van der Waals surface area contributed by atoms with Gasteiger partial charge < -0.3 is 63.2 Å². The maximum absolute atomic E-state index is 14.0. The summed E-state index contributed by atoms with van der Waals surface area (Å²) in [4.78, 5) is 54.1. The maximum atomic E-state index is 14.0. The molecule has 2 aromatic carbocycles. The topological polar surface area (TPSA) is 296 Å². The van der Waals surface area contributed by atoms with Crippen molar-refractivity contribution in [1.82, 2.24) is 20.3 Å². The summed E-state index contributed by atoms with van der Waals surface area (Å²) in [6.07, 6.45) is 3.74. The van der Waals surface area contributed by atoms with Crippen LogP contribution in [0, 0.1) is 23.3 Å². The number of amidine groups is 1. The van der Waals surface area contributed by atoms with Gasteiger partial charge in [-0.2, -0.15) is 17.2 Å². The van der Waals surface area contributed by atoms with E-state index < -0.39 is 56.4 Å². The first-order valence-electron chi connectivity index (χ1n) is 25.7. The quantitative estimate of drug-likeness (QED) is 0.0137. The summed E-state index contributed by atoms with van der Waals surface area (Å²) in [5, 5.41) is 4.22. The third-order valence-corrected chi connectivity index (χ3v) is 11.5. The van der Waals surface area contributed by atoms with E-state index in [9.17, 15) is 40.4 Å². The van der Waals surface area contributed by atoms with Gasteiger partial charge in [0, 0.05) is 36.1 Å². The van der Waals surface area contributed by atoms with Crippen molar-refractivity contribution in [3.63, 3.8) is 0 Å². The monoisotopic (exact) mass is 1160 g/mol. The van der Waals surface area contributed by atoms with Gasteiger partial charge in [-0.05, 0) is 31.6 Å². The van der Waals surface area contributed by atoms with Gasteiger partial charge in [-0.3, -0.25) is 23.8 Å². The molecule has 2 heterocycles. The number of nitrogens with one attached hydrogen (secondary N) is 1. The molecule has 0 saturated heterocycles. The number of aromatic nitrogens is 2. The third kappa shape index (κ3) is 25.0. The Bertz CT molecular complexity index is 2530. The molecule has 0 spiro atoms. The number of fused-ring (bicyclic) bond motifs is 1. The standard InChI is InChI=1S/C51H70F4N6O18S/c1-3-9-61(78-4-2)51(64)38-30-36-5-6-37(31-41(36)60-42(56)32-38)40-33-39(58-35-59-40)34-57-43(62)7-10-68-12-14-70-16-18-72-20-22-74-24-26-76-28-29-77-27-25-75-23-21-73-19-17-71-15-13-69-11-8-44(63)79-49-45(52)47(54)50(80(65,66)67)48(55)46(49)53/h5-6,30-31,33,35H,3-4,7-29,32,34H2,1-2H3,(H2,56,60)(H,57,62)(H,65,66,67). The number of hydrogen-bond acceptors (Lipinski definition) is 21. The lowest BCUT2D eigenvalue weighted by Gasteiger charge is -2.21. The van der Waals surface area contributed by atoms with E-state index in [0.717, 1.165) is 17.5 Å². The summed E-state index contributed by atoms with van der Waals surface area (Å²) in [7, 11) is -5.65. The smallest absolute Gasteiger partial charge is 0.313 e. The van der Waals surface area contributed by atoms with E-state index in [2.05, 4.69) is 25.0 Å². The zero-order chi connectivity index (χ0) is 58.0. The van der Waals surface area contributed by atoms with Crippen LogP contribution in [0.25, 0.3) is 17.3 Å². The molecule has 0 fully saturated rings. The summed E-state index contributed by atoms with van der Waals surface area (Å²) < 4.78 is 145. The van der Waals surface area contributed by atoms with E-state index in [1.807, 2.05) is 32.0 Å². The summed E-state index contributed by atoms with van der Waals surface area (Å²) >= 11 is 0. The second-order valence-electron chi connectivity index (χ2n) is 16.7. The Kier molecular flexibility index (Phi) is 31.8. The number of aliphatic imine (C=N–C) groups is 1. The van der Waals surface area contributed by atoms with Crippen LogP contribution in [0.5, 0.6) is 5.75 Å². The van der Waals surface area contributed by atoms with Crippen LogP contribution in [0.2, 0.25) is 0 Å². The largest absolute Gasteiger partial charge is 0.420 e. The lowest BCUT2D eigenvalue weighted by molar-refractivity contribution is -0.180. The number of halogens is 4. The number of amides is 2. The fraction of sp³-hybridized carbons (Fsp3) is 0.569. The van der Waals surface area contributed by atoms with Crippen molar-refractivity contribution in [2.24, 2.45) is 10.7 Å². The van der Waals surface area contributed by atoms with Crippen LogP contribution >= 0.6 is 0 Å². The molecule has 1 aromatic heterocycles. The van der Waals surface area contributed by atoms with E-state index in [0.29, 0.717) is 134 Å². The van der Waals surface area contributed by atoms with Gasteiger partial charge in [0.2, 0.25) is 23.3 Å². The lowest BCUT2D eigenvalue weighted by Crippen LogP contribution is -2.34. The third-order valence-electron chi connectivity index (χ3n) is 10.6. The van der Waals surface area contributed by atoms with Gasteiger partial charge in [0.25, 0.3) is 5.91 Å². The number of benzene rings is 2. The Morgan fingerprint density at radius 1 is 0.662 bits per heavy atom. The van der Waals surface area contributed by atoms with Gasteiger partial charge in [-0.1, -0.05) is 19.1 Å². The van der Waals surface area contributed by atoms with Crippen LogP contribution in [-0.2, 0) is 83.3 Å². The van der Waals surface area contributed by atoms with Crippen LogP contribution in [-0.4, -0.2) is 197 Å². The zero-order valence-corrected chi connectivity index (χ0v) is 45.5. The molecule has 1 aliphatic rings. The fourth-order valence-corrected chi connectivity index (χ4v) is 7.47. The van der Waals surface area contributed by atoms with Gasteiger partial charge in [0.15, 0.2) is 16.5 Å².